The molecule has 0 spiro atoms. The number of nitrogens with zero attached hydrogens (tertiary/aromatic N) is 1. The summed E-state index contributed by atoms with van der Waals surface area (Å²) in [6.07, 6.45) is 6.09. The second-order valence-corrected chi connectivity index (χ2v) is 10.5. The van der Waals surface area contributed by atoms with Gasteiger partial charge in [0.05, 0.1) is 6.16 Å². The molecule has 0 bridgehead atoms. The van der Waals surface area contributed by atoms with Crippen LogP contribution in [0.5, 0.6) is 0 Å². The third-order valence-electron chi connectivity index (χ3n) is 7.16. The van der Waals surface area contributed by atoms with Crippen molar-refractivity contribution in [2.75, 3.05) is 25.8 Å². The predicted octanol–water partition coefficient (Wildman–Crippen LogP) is 3.97. The van der Waals surface area contributed by atoms with Gasteiger partial charge in [-0.25, -0.2) is 0 Å². The first-order valence-corrected chi connectivity index (χ1v) is 12.7. The van der Waals surface area contributed by atoms with Gasteiger partial charge in [0.25, 0.3) is 0 Å². The number of benzene rings is 1. The number of hydrogen-bond acceptors (Lipinski definition) is 3. The maximum Gasteiger partial charge on any atom is 0.325 e. The van der Waals surface area contributed by atoms with Crippen LogP contribution >= 0.6 is 7.60 Å². The van der Waals surface area contributed by atoms with Crippen LogP contribution in [-0.2, 0) is 4.57 Å². The molecule has 1 aliphatic heterocycles. The Morgan fingerprint density at radius 3 is 2.36 bits per heavy atom. The van der Waals surface area contributed by atoms with Crippen LogP contribution in [0.15, 0.2) is 30.3 Å². The van der Waals surface area contributed by atoms with Crippen LogP contribution < -0.4 is 5.32 Å². The van der Waals surface area contributed by atoms with E-state index < -0.39 is 7.60 Å². The second-order valence-electron chi connectivity index (χ2n) is 8.77. The highest BCUT2D eigenvalue weighted by Crippen LogP contribution is 2.42. The summed E-state index contributed by atoms with van der Waals surface area (Å²) in [6, 6.07) is 11.4. The maximum atomic E-state index is 11.4. The summed E-state index contributed by atoms with van der Waals surface area (Å²) < 4.78 is 11.4. The zero-order valence-electron chi connectivity index (χ0n) is 17.4. The molecule has 1 saturated heterocycles. The van der Waals surface area contributed by atoms with Crippen LogP contribution in [0.25, 0.3) is 0 Å². The fourth-order valence-electron chi connectivity index (χ4n) is 4.98. The van der Waals surface area contributed by atoms with Gasteiger partial charge < -0.3 is 15.1 Å². The molecule has 6 heteroatoms. The average molecular weight is 409 g/mol. The Kier molecular flexibility index (Phi) is 7.38. The standard InChI is InChI=1S/C22H37N2O3P/c1-3-22(4-2,12-15-28(25,26)27)24-13-10-18(11-14-24)17-23-21-16-20(21)19-8-6-5-7-9-19/h5-9,18,20-21,23H,3-4,10-17H2,1-2H3,(H2,25,26,27)/t20-,21+/m0/s1. The van der Waals surface area contributed by atoms with Crippen molar-refractivity contribution in [1.29, 1.82) is 0 Å². The molecule has 2 aliphatic rings. The van der Waals surface area contributed by atoms with Crippen molar-refractivity contribution in [3.8, 4) is 0 Å². The van der Waals surface area contributed by atoms with E-state index in [1.165, 1.54) is 24.8 Å². The Morgan fingerprint density at radius 2 is 1.79 bits per heavy atom. The average Bonchev–Trinajstić information content (AvgIpc) is 3.48. The van der Waals surface area contributed by atoms with Gasteiger partial charge in [0, 0.05) is 17.5 Å². The lowest BCUT2D eigenvalue weighted by atomic mass is 9.84. The lowest BCUT2D eigenvalue weighted by molar-refractivity contribution is 0.0386. The Bertz CT molecular complexity index is 651. The molecule has 1 saturated carbocycles. The summed E-state index contributed by atoms with van der Waals surface area (Å²) in [4.78, 5) is 21.2. The van der Waals surface area contributed by atoms with Crippen LogP contribution in [0.4, 0.5) is 0 Å². The van der Waals surface area contributed by atoms with Crippen LogP contribution in [0.3, 0.4) is 0 Å². The third-order valence-corrected chi connectivity index (χ3v) is 7.96. The van der Waals surface area contributed by atoms with E-state index in [2.05, 4.69) is 54.4 Å². The summed E-state index contributed by atoms with van der Waals surface area (Å²) in [6.45, 7) is 7.50. The molecule has 158 valence electrons. The SMILES string of the molecule is CCC(CC)(CCP(=O)(O)O)N1CCC(CN[C@@H]2C[C@H]2c2ccccc2)CC1. The highest BCUT2D eigenvalue weighted by Gasteiger charge is 2.39. The van der Waals surface area contributed by atoms with Gasteiger partial charge in [-0.3, -0.25) is 9.46 Å². The van der Waals surface area contributed by atoms with Gasteiger partial charge in [0.2, 0.25) is 0 Å². The minimum atomic E-state index is -3.93. The van der Waals surface area contributed by atoms with Crippen LogP contribution in [-0.4, -0.2) is 52.1 Å². The molecule has 1 aromatic rings. The van der Waals surface area contributed by atoms with Crippen molar-refractivity contribution in [2.24, 2.45) is 5.92 Å². The molecule has 5 nitrogen and oxygen atoms in total. The molecule has 28 heavy (non-hydrogen) atoms. The molecule has 1 heterocycles. The monoisotopic (exact) mass is 408 g/mol. The topological polar surface area (TPSA) is 72.8 Å². The zero-order chi connectivity index (χ0) is 20.2. The van der Waals surface area contributed by atoms with Gasteiger partial charge in [-0.2, -0.15) is 0 Å². The van der Waals surface area contributed by atoms with Crippen LogP contribution in [0.2, 0.25) is 0 Å². The molecular weight excluding hydrogens is 371 g/mol. The van der Waals surface area contributed by atoms with Crippen molar-refractivity contribution in [3.63, 3.8) is 0 Å². The van der Waals surface area contributed by atoms with Crippen molar-refractivity contribution in [1.82, 2.24) is 10.2 Å². The Hall–Kier alpha value is -0.710. The Morgan fingerprint density at radius 1 is 1.14 bits per heavy atom. The van der Waals surface area contributed by atoms with E-state index in [-0.39, 0.29) is 11.7 Å². The molecule has 1 aliphatic carbocycles. The molecule has 3 rings (SSSR count). The van der Waals surface area contributed by atoms with Gasteiger partial charge in [-0.05, 0) is 69.6 Å². The van der Waals surface area contributed by atoms with E-state index in [0.29, 0.717) is 24.3 Å². The largest absolute Gasteiger partial charge is 0.325 e. The Labute approximate surface area is 170 Å². The summed E-state index contributed by atoms with van der Waals surface area (Å²) >= 11 is 0. The van der Waals surface area contributed by atoms with E-state index in [1.54, 1.807) is 0 Å². The molecule has 2 fully saturated rings. The first-order chi connectivity index (χ1) is 13.4. The van der Waals surface area contributed by atoms with Crippen LogP contribution in [0, 0.1) is 5.92 Å². The molecule has 1 aromatic carbocycles. The van der Waals surface area contributed by atoms with E-state index in [1.807, 2.05) is 0 Å². The molecule has 3 N–H and O–H groups in total. The summed E-state index contributed by atoms with van der Waals surface area (Å²) in [5.74, 6) is 1.39. The van der Waals surface area contributed by atoms with Gasteiger partial charge in [-0.1, -0.05) is 44.2 Å². The minimum absolute atomic E-state index is 0.00127. The third kappa shape index (κ3) is 5.67. The molecular formula is C22H37N2O3P. The van der Waals surface area contributed by atoms with E-state index in [0.717, 1.165) is 32.5 Å². The Balaban J connectivity index is 1.44. The fraction of sp³-hybridized carbons (Fsp3) is 0.727. The fourth-order valence-corrected chi connectivity index (χ4v) is 5.69. The smallest absolute Gasteiger partial charge is 0.324 e. The first-order valence-electron chi connectivity index (χ1n) is 10.9. The number of nitrogens with one attached hydrogen (secondary N) is 1. The van der Waals surface area contributed by atoms with Crippen molar-refractivity contribution < 1.29 is 14.4 Å². The number of likely N-dealkylation sites (tertiary alicyclic amines) is 1. The second kappa shape index (κ2) is 9.40. The summed E-state index contributed by atoms with van der Waals surface area (Å²) in [7, 11) is -3.93. The maximum absolute atomic E-state index is 11.4. The van der Waals surface area contributed by atoms with E-state index in [4.69, 9.17) is 0 Å². The van der Waals surface area contributed by atoms with Crippen molar-refractivity contribution in [2.45, 2.75) is 69.9 Å². The van der Waals surface area contributed by atoms with Gasteiger partial charge in [0.15, 0.2) is 0 Å². The highest BCUT2D eigenvalue weighted by molar-refractivity contribution is 7.51. The number of hydrogen-bond donors (Lipinski definition) is 3. The molecule has 0 aromatic heterocycles. The van der Waals surface area contributed by atoms with Gasteiger partial charge in [-0.15, -0.1) is 0 Å². The molecule has 0 amide bonds. The van der Waals surface area contributed by atoms with Gasteiger partial charge in [0.1, 0.15) is 0 Å². The van der Waals surface area contributed by atoms with Crippen molar-refractivity contribution in [3.05, 3.63) is 35.9 Å². The van der Waals surface area contributed by atoms with E-state index >= 15 is 0 Å². The molecule has 2 atom stereocenters. The number of piperidine rings is 1. The molecule has 0 unspecified atom stereocenters. The lowest BCUT2D eigenvalue weighted by Gasteiger charge is -2.47. The highest BCUT2D eigenvalue weighted by atomic mass is 31.2. The normalized spacial score (nSPS) is 24.4. The van der Waals surface area contributed by atoms with Crippen molar-refractivity contribution >= 4 is 7.60 Å². The quantitative estimate of drug-likeness (QED) is 0.511. The lowest BCUT2D eigenvalue weighted by Crippen LogP contribution is -2.52. The zero-order valence-corrected chi connectivity index (χ0v) is 18.3. The van der Waals surface area contributed by atoms with Gasteiger partial charge >= 0.3 is 7.60 Å². The molecule has 0 radical (unpaired) electrons. The number of rotatable bonds is 10. The summed E-state index contributed by atoms with van der Waals surface area (Å²) in [5, 5.41) is 3.78. The predicted molar refractivity (Wildman–Crippen MR) is 115 cm³/mol. The minimum Gasteiger partial charge on any atom is -0.324 e. The summed E-state index contributed by atoms with van der Waals surface area (Å²) in [5.41, 5.74) is 1.39. The van der Waals surface area contributed by atoms with E-state index in [9.17, 15) is 14.4 Å². The first kappa shape index (κ1) is 22.0. The van der Waals surface area contributed by atoms with Crippen LogP contribution in [0.1, 0.15) is 63.9 Å².